The van der Waals surface area contributed by atoms with Crippen LogP contribution < -0.4 is 5.32 Å². The fourth-order valence-electron chi connectivity index (χ4n) is 3.01. The predicted octanol–water partition coefficient (Wildman–Crippen LogP) is 2.02. The fraction of sp³-hybridized carbons (Fsp3) is 0.800. The van der Waals surface area contributed by atoms with Crippen LogP contribution in [-0.2, 0) is 13.6 Å². The van der Waals surface area contributed by atoms with E-state index in [1.54, 1.807) is 0 Å². The lowest BCUT2D eigenvalue weighted by atomic mass is 9.97. The summed E-state index contributed by atoms with van der Waals surface area (Å²) < 4.78 is 2.13. The molecule has 4 heteroatoms. The molecule has 1 fully saturated rings. The molecule has 2 heterocycles. The van der Waals surface area contributed by atoms with Gasteiger partial charge in [0, 0.05) is 44.6 Å². The summed E-state index contributed by atoms with van der Waals surface area (Å²) in [5, 5.41) is 3.71. The van der Waals surface area contributed by atoms with Crippen molar-refractivity contribution in [2.45, 2.75) is 52.2 Å². The maximum Gasteiger partial charge on any atom is 0.122 e. The van der Waals surface area contributed by atoms with Crippen LogP contribution in [0.3, 0.4) is 0 Å². The van der Waals surface area contributed by atoms with E-state index in [4.69, 9.17) is 0 Å². The third-order valence-electron chi connectivity index (χ3n) is 4.21. The highest BCUT2D eigenvalue weighted by Gasteiger charge is 2.29. The summed E-state index contributed by atoms with van der Waals surface area (Å²) in [5.74, 6) is 1.85. The molecule has 0 aromatic carbocycles. The summed E-state index contributed by atoms with van der Waals surface area (Å²) in [5.41, 5.74) is 0. The third kappa shape index (κ3) is 3.57. The zero-order valence-electron chi connectivity index (χ0n) is 12.8. The van der Waals surface area contributed by atoms with Crippen LogP contribution in [-0.4, -0.2) is 39.6 Å². The smallest absolute Gasteiger partial charge is 0.122 e. The van der Waals surface area contributed by atoms with Crippen molar-refractivity contribution in [3.05, 3.63) is 18.2 Å². The minimum atomic E-state index is 0.616. The predicted molar refractivity (Wildman–Crippen MR) is 78.9 cm³/mol. The van der Waals surface area contributed by atoms with E-state index in [2.05, 4.69) is 47.6 Å². The zero-order chi connectivity index (χ0) is 13.8. The highest BCUT2D eigenvalue weighted by molar-refractivity contribution is 4.95. The SMILES string of the molecule is CCCC1CN(Cc2nccn2C)C(C(C)C)CN1. The van der Waals surface area contributed by atoms with Gasteiger partial charge in [0.2, 0.25) is 0 Å². The lowest BCUT2D eigenvalue weighted by Crippen LogP contribution is -2.57. The van der Waals surface area contributed by atoms with Gasteiger partial charge in [0.1, 0.15) is 5.82 Å². The number of hydrogen-bond donors (Lipinski definition) is 1. The number of nitrogens with one attached hydrogen (secondary N) is 1. The van der Waals surface area contributed by atoms with Gasteiger partial charge in [-0.2, -0.15) is 0 Å². The fourth-order valence-corrected chi connectivity index (χ4v) is 3.01. The van der Waals surface area contributed by atoms with Gasteiger partial charge in [-0.05, 0) is 12.3 Å². The average Bonchev–Trinajstić information content (AvgIpc) is 2.75. The second-order valence-electron chi connectivity index (χ2n) is 6.09. The van der Waals surface area contributed by atoms with Gasteiger partial charge in [-0.25, -0.2) is 4.98 Å². The van der Waals surface area contributed by atoms with Gasteiger partial charge < -0.3 is 9.88 Å². The molecule has 1 aromatic rings. The first kappa shape index (κ1) is 14.5. The van der Waals surface area contributed by atoms with Crippen LogP contribution in [0.4, 0.5) is 0 Å². The van der Waals surface area contributed by atoms with Crippen molar-refractivity contribution in [3.8, 4) is 0 Å². The number of rotatable bonds is 5. The summed E-state index contributed by atoms with van der Waals surface area (Å²) in [6.07, 6.45) is 6.44. The first-order valence-electron chi connectivity index (χ1n) is 7.55. The number of imidazole rings is 1. The van der Waals surface area contributed by atoms with E-state index in [9.17, 15) is 0 Å². The Bertz CT molecular complexity index is 385. The van der Waals surface area contributed by atoms with E-state index in [0.717, 1.165) is 19.6 Å². The van der Waals surface area contributed by atoms with E-state index < -0.39 is 0 Å². The van der Waals surface area contributed by atoms with Gasteiger partial charge in [-0.15, -0.1) is 0 Å². The molecule has 0 radical (unpaired) electrons. The molecule has 1 aliphatic rings. The molecule has 2 atom stereocenters. The van der Waals surface area contributed by atoms with Gasteiger partial charge in [-0.3, -0.25) is 4.90 Å². The van der Waals surface area contributed by atoms with Crippen molar-refractivity contribution in [1.82, 2.24) is 19.8 Å². The third-order valence-corrected chi connectivity index (χ3v) is 4.21. The first-order valence-corrected chi connectivity index (χ1v) is 7.55. The Morgan fingerprint density at radius 3 is 2.84 bits per heavy atom. The quantitative estimate of drug-likeness (QED) is 0.883. The highest BCUT2D eigenvalue weighted by atomic mass is 15.3. The molecule has 2 unspecified atom stereocenters. The first-order chi connectivity index (χ1) is 9.11. The molecule has 1 aliphatic heterocycles. The van der Waals surface area contributed by atoms with E-state index in [1.165, 1.54) is 18.7 Å². The molecule has 0 amide bonds. The van der Waals surface area contributed by atoms with Gasteiger partial charge in [0.05, 0.1) is 6.54 Å². The Hall–Kier alpha value is -0.870. The van der Waals surface area contributed by atoms with Crippen LogP contribution in [0, 0.1) is 5.92 Å². The Morgan fingerprint density at radius 2 is 2.26 bits per heavy atom. The molecule has 0 bridgehead atoms. The largest absolute Gasteiger partial charge is 0.337 e. The van der Waals surface area contributed by atoms with Crippen molar-refractivity contribution in [2.75, 3.05) is 13.1 Å². The summed E-state index contributed by atoms with van der Waals surface area (Å²) in [6.45, 7) is 10.1. The number of nitrogens with zero attached hydrogens (tertiary/aromatic N) is 3. The molecule has 108 valence electrons. The Kier molecular flexibility index (Phi) is 4.99. The summed E-state index contributed by atoms with van der Waals surface area (Å²) in [6, 6.07) is 1.25. The van der Waals surface area contributed by atoms with Crippen molar-refractivity contribution in [1.29, 1.82) is 0 Å². The van der Waals surface area contributed by atoms with Gasteiger partial charge in [0.15, 0.2) is 0 Å². The van der Waals surface area contributed by atoms with Crippen molar-refractivity contribution < 1.29 is 0 Å². The maximum absolute atomic E-state index is 4.48. The Morgan fingerprint density at radius 1 is 1.47 bits per heavy atom. The molecule has 1 N–H and O–H groups in total. The van der Waals surface area contributed by atoms with Gasteiger partial charge >= 0.3 is 0 Å². The van der Waals surface area contributed by atoms with Gasteiger partial charge in [0.25, 0.3) is 0 Å². The molecule has 2 rings (SSSR count). The minimum absolute atomic E-state index is 0.616. The van der Waals surface area contributed by atoms with E-state index in [1.807, 2.05) is 12.4 Å². The summed E-state index contributed by atoms with van der Waals surface area (Å²) in [4.78, 5) is 7.09. The molecule has 1 aromatic heterocycles. The highest BCUT2D eigenvalue weighted by Crippen LogP contribution is 2.19. The maximum atomic E-state index is 4.48. The van der Waals surface area contributed by atoms with Crippen LogP contribution in [0.15, 0.2) is 12.4 Å². The van der Waals surface area contributed by atoms with Crippen molar-refractivity contribution >= 4 is 0 Å². The lowest BCUT2D eigenvalue weighted by molar-refractivity contribution is 0.0851. The molecule has 0 saturated carbocycles. The molecule has 4 nitrogen and oxygen atoms in total. The Labute approximate surface area is 117 Å². The Balaban J connectivity index is 2.05. The number of piperazine rings is 1. The number of hydrogen-bond acceptors (Lipinski definition) is 3. The molecular formula is C15H28N4. The molecule has 19 heavy (non-hydrogen) atoms. The van der Waals surface area contributed by atoms with Crippen LogP contribution >= 0.6 is 0 Å². The van der Waals surface area contributed by atoms with E-state index in [0.29, 0.717) is 18.0 Å². The van der Waals surface area contributed by atoms with Gasteiger partial charge in [-0.1, -0.05) is 27.2 Å². The normalized spacial score (nSPS) is 25.1. The summed E-state index contributed by atoms with van der Waals surface area (Å²) in [7, 11) is 2.08. The molecule has 1 saturated heterocycles. The topological polar surface area (TPSA) is 33.1 Å². The number of aryl methyl sites for hydroxylation is 1. The molecular weight excluding hydrogens is 236 g/mol. The minimum Gasteiger partial charge on any atom is -0.337 e. The second-order valence-corrected chi connectivity index (χ2v) is 6.09. The van der Waals surface area contributed by atoms with E-state index in [-0.39, 0.29) is 0 Å². The molecule has 0 spiro atoms. The number of aromatic nitrogens is 2. The summed E-state index contributed by atoms with van der Waals surface area (Å²) >= 11 is 0. The molecule has 0 aliphatic carbocycles. The van der Waals surface area contributed by atoms with Crippen LogP contribution in [0.1, 0.15) is 39.4 Å². The van der Waals surface area contributed by atoms with Crippen LogP contribution in [0.2, 0.25) is 0 Å². The monoisotopic (exact) mass is 264 g/mol. The standard InChI is InChI=1S/C15H28N4/c1-5-6-13-10-19(14(9-17-13)12(2)3)11-15-16-7-8-18(15)4/h7-8,12-14,17H,5-6,9-11H2,1-4H3. The zero-order valence-corrected chi connectivity index (χ0v) is 12.8. The average molecular weight is 264 g/mol. The van der Waals surface area contributed by atoms with Crippen LogP contribution in [0.25, 0.3) is 0 Å². The second kappa shape index (κ2) is 6.53. The van der Waals surface area contributed by atoms with E-state index >= 15 is 0 Å². The van der Waals surface area contributed by atoms with Crippen molar-refractivity contribution in [3.63, 3.8) is 0 Å². The lowest BCUT2D eigenvalue weighted by Gasteiger charge is -2.42. The van der Waals surface area contributed by atoms with Crippen LogP contribution in [0.5, 0.6) is 0 Å². The van der Waals surface area contributed by atoms with Crippen molar-refractivity contribution in [2.24, 2.45) is 13.0 Å².